The number of carboxylic acid groups (broad SMARTS) is 1. The summed E-state index contributed by atoms with van der Waals surface area (Å²) >= 11 is 5.43. The number of aromatic nitrogens is 1. The van der Waals surface area contributed by atoms with E-state index in [1.165, 1.54) is 0 Å². The molecule has 7 heteroatoms. The fourth-order valence-corrected chi connectivity index (χ4v) is 1.29. The van der Waals surface area contributed by atoms with E-state index in [0.717, 1.165) is 6.20 Å². The summed E-state index contributed by atoms with van der Waals surface area (Å²) in [5.74, 6) is -1.64. The minimum absolute atomic E-state index is 0.0988. The van der Waals surface area contributed by atoms with E-state index in [-0.39, 0.29) is 17.1 Å². The van der Waals surface area contributed by atoms with Gasteiger partial charge in [-0.3, -0.25) is 0 Å². The smallest absolute Gasteiger partial charge is 0.355 e. The van der Waals surface area contributed by atoms with Crippen LogP contribution in [0, 0.1) is 0 Å². The highest BCUT2D eigenvalue weighted by molar-refractivity contribution is 6.17. The Morgan fingerprint density at radius 3 is 2.67 bits per heavy atom. The van der Waals surface area contributed by atoms with E-state index in [1.807, 2.05) is 0 Å². The van der Waals surface area contributed by atoms with Crippen LogP contribution in [-0.2, 0) is 5.88 Å². The molecule has 0 atom stereocenters. The van der Waals surface area contributed by atoms with Crippen LogP contribution in [-0.4, -0.2) is 16.1 Å². The van der Waals surface area contributed by atoms with Crippen LogP contribution in [0.4, 0.5) is 14.5 Å². The molecule has 0 aliphatic carbocycles. The number of aromatic carboxylic acids is 1. The number of nitrogens with zero attached hydrogens (tertiary/aromatic N) is 1. The van der Waals surface area contributed by atoms with Crippen molar-refractivity contribution < 1.29 is 18.7 Å². The first-order valence-electron chi connectivity index (χ1n) is 3.83. The molecule has 0 bridgehead atoms. The number of halogens is 3. The van der Waals surface area contributed by atoms with Crippen molar-refractivity contribution in [1.29, 1.82) is 0 Å². The lowest BCUT2D eigenvalue weighted by molar-refractivity contribution is 0.0677. The van der Waals surface area contributed by atoms with Crippen LogP contribution in [0.1, 0.15) is 28.0 Å². The third kappa shape index (κ3) is 2.15. The van der Waals surface area contributed by atoms with Gasteiger partial charge in [-0.25, -0.2) is 18.6 Å². The van der Waals surface area contributed by atoms with Crippen molar-refractivity contribution in [2.75, 3.05) is 5.73 Å². The molecule has 3 N–H and O–H groups in total. The van der Waals surface area contributed by atoms with Gasteiger partial charge in [0.25, 0.3) is 6.43 Å². The number of pyridine rings is 1. The maximum absolute atomic E-state index is 12.5. The van der Waals surface area contributed by atoms with Crippen molar-refractivity contribution in [3.8, 4) is 0 Å². The van der Waals surface area contributed by atoms with Gasteiger partial charge >= 0.3 is 5.97 Å². The molecule has 0 aliphatic rings. The summed E-state index contributed by atoms with van der Waals surface area (Å²) in [6.45, 7) is 0. The Hall–Kier alpha value is -1.43. The Morgan fingerprint density at radius 2 is 2.27 bits per heavy atom. The largest absolute Gasteiger partial charge is 0.476 e. The van der Waals surface area contributed by atoms with E-state index in [2.05, 4.69) is 4.98 Å². The van der Waals surface area contributed by atoms with Crippen LogP contribution in [0.5, 0.6) is 0 Å². The molecule has 0 spiro atoms. The van der Waals surface area contributed by atoms with Gasteiger partial charge < -0.3 is 10.8 Å². The Bertz CT molecular complexity index is 398. The monoisotopic (exact) mass is 236 g/mol. The molecule has 0 aliphatic heterocycles. The standard InChI is InChI=1S/C8H7ClF2N2O2/c9-1-3-2-13-6(8(14)15)4(5(3)12)7(10)11/h2,7H,1H2,(H2,12,13)(H,14,15). The number of carboxylic acids is 1. The van der Waals surface area contributed by atoms with Gasteiger partial charge in [-0.15, -0.1) is 11.6 Å². The van der Waals surface area contributed by atoms with Crippen molar-refractivity contribution in [3.05, 3.63) is 23.0 Å². The van der Waals surface area contributed by atoms with Gasteiger partial charge in [-0.05, 0) is 0 Å². The lowest BCUT2D eigenvalue weighted by Gasteiger charge is -2.10. The van der Waals surface area contributed by atoms with E-state index in [0.29, 0.717) is 0 Å². The highest BCUT2D eigenvalue weighted by Crippen LogP contribution is 2.30. The van der Waals surface area contributed by atoms with Crippen molar-refractivity contribution >= 4 is 23.3 Å². The second kappa shape index (κ2) is 4.39. The average Bonchev–Trinajstić information content (AvgIpc) is 2.16. The molecule has 1 heterocycles. The minimum atomic E-state index is -2.99. The third-order valence-electron chi connectivity index (χ3n) is 1.81. The fourth-order valence-electron chi connectivity index (χ4n) is 1.08. The van der Waals surface area contributed by atoms with Crippen LogP contribution in [0.15, 0.2) is 6.20 Å². The number of rotatable bonds is 3. The molecule has 0 saturated heterocycles. The van der Waals surface area contributed by atoms with Crippen molar-refractivity contribution in [3.63, 3.8) is 0 Å². The number of carbonyl (C=O) groups is 1. The molecule has 1 rings (SSSR count). The highest BCUT2D eigenvalue weighted by atomic mass is 35.5. The van der Waals surface area contributed by atoms with Crippen molar-refractivity contribution in [2.45, 2.75) is 12.3 Å². The summed E-state index contributed by atoms with van der Waals surface area (Å²) in [5, 5.41) is 8.62. The quantitative estimate of drug-likeness (QED) is 0.788. The van der Waals surface area contributed by atoms with Crippen LogP contribution in [0.2, 0.25) is 0 Å². The first-order chi connectivity index (χ1) is 6.99. The van der Waals surface area contributed by atoms with Crippen molar-refractivity contribution in [2.24, 2.45) is 0 Å². The summed E-state index contributed by atoms with van der Waals surface area (Å²) in [6, 6.07) is 0. The summed E-state index contributed by atoms with van der Waals surface area (Å²) in [5.41, 5.74) is 3.73. The molecule has 1 aromatic rings. The number of nitrogens with two attached hydrogens (primary N) is 1. The Kier molecular flexibility index (Phi) is 3.41. The average molecular weight is 237 g/mol. The highest BCUT2D eigenvalue weighted by Gasteiger charge is 2.24. The summed E-state index contributed by atoms with van der Waals surface area (Å²) in [7, 11) is 0. The molecule has 1 aromatic heterocycles. The SMILES string of the molecule is Nc1c(CCl)cnc(C(=O)O)c1C(F)F. The van der Waals surface area contributed by atoms with Gasteiger partial charge in [0.05, 0.1) is 11.4 Å². The lowest BCUT2D eigenvalue weighted by atomic mass is 10.1. The van der Waals surface area contributed by atoms with Crippen molar-refractivity contribution in [1.82, 2.24) is 4.98 Å². The molecular formula is C8H7ClF2N2O2. The molecule has 0 radical (unpaired) electrons. The molecular weight excluding hydrogens is 230 g/mol. The first kappa shape index (κ1) is 11.6. The predicted molar refractivity (Wildman–Crippen MR) is 50.1 cm³/mol. The molecule has 0 aromatic carbocycles. The Morgan fingerprint density at radius 1 is 1.67 bits per heavy atom. The Balaban J connectivity index is 3.44. The number of alkyl halides is 3. The molecule has 0 amide bonds. The van der Waals surface area contributed by atoms with Gasteiger partial charge in [0.15, 0.2) is 5.69 Å². The number of hydrogen-bond acceptors (Lipinski definition) is 3. The molecule has 15 heavy (non-hydrogen) atoms. The maximum atomic E-state index is 12.5. The number of hydrogen-bond donors (Lipinski definition) is 2. The summed E-state index contributed by atoms with van der Waals surface area (Å²) in [6.07, 6.45) is -1.91. The van der Waals surface area contributed by atoms with Gasteiger partial charge in [0.2, 0.25) is 0 Å². The molecule has 82 valence electrons. The fraction of sp³-hybridized carbons (Fsp3) is 0.250. The predicted octanol–water partition coefficient (Wildman–Crippen LogP) is 2.04. The summed E-state index contributed by atoms with van der Waals surface area (Å²) in [4.78, 5) is 14.0. The molecule has 0 unspecified atom stereocenters. The molecule has 0 fully saturated rings. The van der Waals surface area contributed by atoms with Gasteiger partial charge in [-0.2, -0.15) is 0 Å². The van der Waals surface area contributed by atoms with Crippen LogP contribution in [0.25, 0.3) is 0 Å². The lowest BCUT2D eigenvalue weighted by Crippen LogP contribution is -2.11. The van der Waals surface area contributed by atoms with Gasteiger partial charge in [0, 0.05) is 17.4 Å². The zero-order valence-corrected chi connectivity index (χ0v) is 8.13. The van der Waals surface area contributed by atoms with E-state index in [9.17, 15) is 13.6 Å². The normalized spacial score (nSPS) is 10.7. The van der Waals surface area contributed by atoms with Crippen LogP contribution in [0.3, 0.4) is 0 Å². The van der Waals surface area contributed by atoms with Gasteiger partial charge in [0.1, 0.15) is 0 Å². The zero-order valence-electron chi connectivity index (χ0n) is 7.38. The first-order valence-corrected chi connectivity index (χ1v) is 4.37. The van der Waals surface area contributed by atoms with Crippen LogP contribution < -0.4 is 5.73 Å². The van der Waals surface area contributed by atoms with E-state index < -0.39 is 23.7 Å². The number of anilines is 1. The third-order valence-corrected chi connectivity index (χ3v) is 2.09. The minimum Gasteiger partial charge on any atom is -0.476 e. The zero-order chi connectivity index (χ0) is 11.6. The number of nitrogen functional groups attached to an aromatic ring is 1. The summed E-state index contributed by atoms with van der Waals surface area (Å²) < 4.78 is 25.1. The Labute approximate surface area is 88.7 Å². The van der Waals surface area contributed by atoms with Gasteiger partial charge in [-0.1, -0.05) is 0 Å². The molecule has 0 saturated carbocycles. The topological polar surface area (TPSA) is 76.2 Å². The second-order valence-corrected chi connectivity index (χ2v) is 2.97. The van der Waals surface area contributed by atoms with Crippen LogP contribution >= 0.6 is 11.6 Å². The maximum Gasteiger partial charge on any atom is 0.355 e. The second-order valence-electron chi connectivity index (χ2n) is 2.70. The molecule has 4 nitrogen and oxygen atoms in total. The van der Waals surface area contributed by atoms with E-state index >= 15 is 0 Å². The van der Waals surface area contributed by atoms with E-state index in [4.69, 9.17) is 22.4 Å². The van der Waals surface area contributed by atoms with E-state index in [1.54, 1.807) is 0 Å².